The molecule has 8 nitrogen and oxygen atoms in total. The van der Waals surface area contributed by atoms with Gasteiger partial charge in [-0.2, -0.15) is 0 Å². The van der Waals surface area contributed by atoms with Gasteiger partial charge in [0.15, 0.2) is 5.82 Å². The lowest BCUT2D eigenvalue weighted by molar-refractivity contribution is -0.115. The fourth-order valence-corrected chi connectivity index (χ4v) is 4.53. The standard InChI is InChI=1S/C34H30FN7O/c1-5-7-8-10-21(3)17-30(43)37-26-18-24(19-36-20-26)28(6-2)38-31-22(4)41-42-33(31)34-39-29-12-9-11-27(32(29)40-34)23-13-15-25(35)16-14-23/h5-16,18-20,41-42H,1,4,17H2,2-3H3,(H,37,43)/b8-7-,21-10+,28-6-,34-33?,38-31?. The number of anilines is 1. The van der Waals surface area contributed by atoms with Crippen molar-refractivity contribution in [2.75, 3.05) is 5.32 Å². The molecule has 2 aromatic heterocycles. The summed E-state index contributed by atoms with van der Waals surface area (Å²) in [6.45, 7) is 11.5. The molecule has 0 radical (unpaired) electrons. The molecular weight excluding hydrogens is 541 g/mol. The SMILES string of the molecule is C=C/C=C\C=C(/C)CC(=O)Nc1cncc(/C(=C/C)N=c2c(=C)[nH][nH]c2=C2N=c3cccc(-c4ccc(F)cc4)c3=N2)c1. The van der Waals surface area contributed by atoms with Crippen molar-refractivity contribution in [1.82, 2.24) is 15.2 Å². The Bertz CT molecular complexity index is 2110. The molecule has 2 aromatic carbocycles. The molecule has 5 rings (SSSR count). The number of amides is 1. The number of aromatic amines is 2. The van der Waals surface area contributed by atoms with Gasteiger partial charge in [0.1, 0.15) is 16.5 Å². The predicted octanol–water partition coefficient (Wildman–Crippen LogP) is 3.95. The lowest BCUT2D eigenvalue weighted by Gasteiger charge is -2.07. The van der Waals surface area contributed by atoms with E-state index >= 15 is 0 Å². The summed E-state index contributed by atoms with van der Waals surface area (Å²) in [5.74, 6) is -0.0128. The summed E-state index contributed by atoms with van der Waals surface area (Å²) in [5.41, 5.74) is 4.48. The highest BCUT2D eigenvalue weighted by Crippen LogP contribution is 2.19. The van der Waals surface area contributed by atoms with Crippen LogP contribution in [-0.4, -0.2) is 21.1 Å². The van der Waals surface area contributed by atoms with Gasteiger partial charge in [-0.1, -0.05) is 73.4 Å². The monoisotopic (exact) mass is 571 g/mol. The lowest BCUT2D eigenvalue weighted by Crippen LogP contribution is -2.34. The van der Waals surface area contributed by atoms with Crippen molar-refractivity contribution in [2.45, 2.75) is 20.3 Å². The van der Waals surface area contributed by atoms with E-state index in [1.165, 1.54) is 12.1 Å². The third-order valence-electron chi connectivity index (χ3n) is 6.59. The Morgan fingerprint density at radius 3 is 2.67 bits per heavy atom. The molecule has 0 fully saturated rings. The maximum Gasteiger partial charge on any atom is 0.228 e. The maximum absolute atomic E-state index is 13.5. The highest BCUT2D eigenvalue weighted by atomic mass is 19.1. The Morgan fingerprint density at radius 2 is 1.91 bits per heavy atom. The van der Waals surface area contributed by atoms with Crippen molar-refractivity contribution in [3.05, 3.63) is 142 Å². The molecule has 9 heteroatoms. The number of rotatable bonds is 8. The minimum atomic E-state index is -0.302. The number of aromatic nitrogens is 3. The van der Waals surface area contributed by atoms with Gasteiger partial charge in [-0.15, -0.1) is 0 Å². The molecule has 0 aliphatic carbocycles. The minimum Gasteiger partial charge on any atom is -0.324 e. The van der Waals surface area contributed by atoms with Gasteiger partial charge in [0, 0.05) is 23.7 Å². The Hall–Kier alpha value is -5.70. The van der Waals surface area contributed by atoms with E-state index in [2.05, 4.69) is 33.7 Å². The number of hydrogen-bond donors (Lipinski definition) is 3. The van der Waals surface area contributed by atoms with Crippen LogP contribution in [0.2, 0.25) is 0 Å². The van der Waals surface area contributed by atoms with E-state index < -0.39 is 0 Å². The Morgan fingerprint density at radius 1 is 1.09 bits per heavy atom. The summed E-state index contributed by atoms with van der Waals surface area (Å²) in [7, 11) is 0. The van der Waals surface area contributed by atoms with Crippen molar-refractivity contribution >= 4 is 29.7 Å². The van der Waals surface area contributed by atoms with Crippen LogP contribution in [0.25, 0.3) is 29.2 Å². The number of benzene rings is 2. The second-order valence-electron chi connectivity index (χ2n) is 9.79. The fraction of sp³-hybridized carbons (Fsp3) is 0.0882. The zero-order valence-corrected chi connectivity index (χ0v) is 23.9. The van der Waals surface area contributed by atoms with E-state index in [0.29, 0.717) is 49.5 Å². The quantitative estimate of drug-likeness (QED) is 0.278. The van der Waals surface area contributed by atoms with E-state index in [1.54, 1.807) is 36.7 Å². The molecule has 0 saturated carbocycles. The van der Waals surface area contributed by atoms with Crippen LogP contribution in [0.4, 0.5) is 10.1 Å². The molecule has 0 unspecified atom stereocenters. The molecule has 4 aromatic rings. The molecule has 214 valence electrons. The number of carbonyl (C=O) groups excluding carboxylic acids is 1. The number of nitrogens with zero attached hydrogens (tertiary/aromatic N) is 4. The molecule has 0 spiro atoms. The smallest absolute Gasteiger partial charge is 0.228 e. The van der Waals surface area contributed by atoms with Crippen LogP contribution in [0.15, 0.2) is 118 Å². The Kier molecular flexibility index (Phi) is 8.62. The van der Waals surface area contributed by atoms with Crippen LogP contribution in [0.5, 0.6) is 0 Å². The fourth-order valence-electron chi connectivity index (χ4n) is 4.53. The van der Waals surface area contributed by atoms with Gasteiger partial charge in [-0.05, 0) is 43.7 Å². The molecule has 0 bridgehead atoms. The first-order valence-corrected chi connectivity index (χ1v) is 13.6. The van der Waals surface area contributed by atoms with Crippen molar-refractivity contribution in [3.63, 3.8) is 0 Å². The number of allylic oxidation sites excluding steroid dienone is 5. The van der Waals surface area contributed by atoms with Crippen molar-refractivity contribution in [1.29, 1.82) is 0 Å². The average molecular weight is 572 g/mol. The zero-order valence-electron chi connectivity index (χ0n) is 23.9. The summed E-state index contributed by atoms with van der Waals surface area (Å²) in [6.07, 6.45) is 12.6. The van der Waals surface area contributed by atoms with Gasteiger partial charge in [-0.3, -0.25) is 20.0 Å². The van der Waals surface area contributed by atoms with Gasteiger partial charge in [0.05, 0.1) is 33.6 Å². The largest absolute Gasteiger partial charge is 0.324 e. The summed E-state index contributed by atoms with van der Waals surface area (Å²) in [4.78, 5) is 31.4. The molecule has 0 atom stereocenters. The number of pyridine rings is 1. The summed E-state index contributed by atoms with van der Waals surface area (Å²) < 4.78 is 13.5. The summed E-state index contributed by atoms with van der Waals surface area (Å²) in [5, 5.41) is 12.1. The van der Waals surface area contributed by atoms with Crippen LogP contribution < -0.4 is 32.1 Å². The maximum atomic E-state index is 13.5. The summed E-state index contributed by atoms with van der Waals surface area (Å²) >= 11 is 0. The average Bonchev–Trinajstić information content (AvgIpc) is 3.59. The number of H-pyrrole nitrogens is 2. The molecule has 1 aliphatic rings. The van der Waals surface area contributed by atoms with Crippen molar-refractivity contribution in [2.24, 2.45) is 15.0 Å². The molecule has 0 saturated heterocycles. The normalized spacial score (nSPS) is 14.8. The predicted molar refractivity (Wildman–Crippen MR) is 167 cm³/mol. The first-order valence-electron chi connectivity index (χ1n) is 13.6. The third-order valence-corrected chi connectivity index (χ3v) is 6.59. The van der Waals surface area contributed by atoms with E-state index in [4.69, 9.17) is 15.0 Å². The topological polar surface area (TPSA) is 111 Å². The Labute approximate surface area is 247 Å². The molecule has 3 heterocycles. The Balaban J connectivity index is 1.50. The first-order chi connectivity index (χ1) is 20.9. The van der Waals surface area contributed by atoms with E-state index in [0.717, 1.165) is 16.7 Å². The van der Waals surface area contributed by atoms with Gasteiger partial charge < -0.3 is 5.32 Å². The highest BCUT2D eigenvalue weighted by Gasteiger charge is 2.12. The van der Waals surface area contributed by atoms with E-state index in [1.807, 2.05) is 56.3 Å². The number of nitrogens with one attached hydrogen (secondary N) is 3. The first kappa shape index (κ1) is 28.8. The van der Waals surface area contributed by atoms with Crippen LogP contribution in [0.3, 0.4) is 0 Å². The van der Waals surface area contributed by atoms with Gasteiger partial charge in [-0.25, -0.2) is 19.4 Å². The van der Waals surface area contributed by atoms with E-state index in [9.17, 15) is 9.18 Å². The molecule has 1 aliphatic heterocycles. The van der Waals surface area contributed by atoms with Crippen LogP contribution in [-0.2, 0) is 4.79 Å². The number of carbonyl (C=O) groups is 1. The zero-order chi connectivity index (χ0) is 30.3. The number of fused-ring (bicyclic) bond motifs is 1. The van der Waals surface area contributed by atoms with Crippen LogP contribution in [0.1, 0.15) is 25.8 Å². The number of para-hydroxylation sites is 1. The number of halogens is 1. The van der Waals surface area contributed by atoms with E-state index in [-0.39, 0.29) is 18.1 Å². The minimum absolute atomic E-state index is 0.151. The lowest BCUT2D eigenvalue weighted by atomic mass is 10.0. The van der Waals surface area contributed by atoms with Crippen molar-refractivity contribution in [3.8, 4) is 11.1 Å². The van der Waals surface area contributed by atoms with Gasteiger partial charge >= 0.3 is 0 Å². The number of hydrogen-bond acceptors (Lipinski definition) is 5. The third kappa shape index (κ3) is 6.62. The molecule has 43 heavy (non-hydrogen) atoms. The molecular formula is C34H30FN7O. The summed E-state index contributed by atoms with van der Waals surface area (Å²) in [6, 6.07) is 13.8. The molecule has 3 N–H and O–H groups in total. The van der Waals surface area contributed by atoms with Gasteiger partial charge in [0.25, 0.3) is 0 Å². The van der Waals surface area contributed by atoms with Crippen LogP contribution in [0, 0.1) is 5.82 Å². The van der Waals surface area contributed by atoms with Crippen LogP contribution >= 0.6 is 0 Å². The second kappa shape index (κ2) is 12.9. The van der Waals surface area contributed by atoms with Gasteiger partial charge in [0.2, 0.25) is 5.91 Å². The van der Waals surface area contributed by atoms with Crippen molar-refractivity contribution < 1.29 is 9.18 Å². The second-order valence-corrected chi connectivity index (χ2v) is 9.79. The molecule has 1 amide bonds. The highest BCUT2D eigenvalue weighted by molar-refractivity contribution is 5.92.